The van der Waals surface area contributed by atoms with E-state index < -0.39 is 6.61 Å². The third-order valence-electron chi connectivity index (χ3n) is 4.78. The maximum absolute atomic E-state index is 12.8. The molecule has 0 radical (unpaired) electrons. The van der Waals surface area contributed by atoms with Crippen LogP contribution in [-0.4, -0.2) is 27.3 Å². The molecule has 0 bridgehead atoms. The van der Waals surface area contributed by atoms with Gasteiger partial charge in [0.1, 0.15) is 11.6 Å². The van der Waals surface area contributed by atoms with E-state index in [9.17, 15) is 13.6 Å². The van der Waals surface area contributed by atoms with Gasteiger partial charge in [0, 0.05) is 41.5 Å². The molecule has 0 aliphatic carbocycles. The fourth-order valence-electron chi connectivity index (χ4n) is 3.45. The molecule has 32 heavy (non-hydrogen) atoms. The lowest BCUT2D eigenvalue weighted by Crippen LogP contribution is -2.08. The molecule has 0 fully saturated rings. The van der Waals surface area contributed by atoms with Gasteiger partial charge in [-0.05, 0) is 31.2 Å². The Morgan fingerprint density at radius 2 is 1.91 bits per heavy atom. The van der Waals surface area contributed by atoms with Crippen molar-refractivity contribution in [3.63, 3.8) is 0 Å². The molecule has 0 aliphatic heterocycles. The van der Waals surface area contributed by atoms with Crippen LogP contribution < -0.4 is 15.4 Å². The molecule has 164 valence electrons. The molecule has 4 rings (SSSR count). The monoisotopic (exact) mass is 437 g/mol. The summed E-state index contributed by atoms with van der Waals surface area (Å²) in [5, 5.41) is 11.4. The van der Waals surface area contributed by atoms with E-state index in [4.69, 9.17) is 0 Å². The highest BCUT2D eigenvalue weighted by Gasteiger charge is 2.14. The number of amides is 1. The average Bonchev–Trinajstić information content (AvgIpc) is 3.04. The number of carbonyl (C=O) groups is 1. The standard InChI is InChI=1S/C23H21F2N5O2/c1-14-19-12-26-22(28-18-8-5-7-17(10-18)27-15(2)31)11-20(19)30(29-14)13-16-6-3-4-9-21(16)32-23(24)25/h3-12,23H,13H2,1-2H3,(H,26,28)(H,27,31). The highest BCUT2D eigenvalue weighted by molar-refractivity contribution is 5.89. The van der Waals surface area contributed by atoms with Crippen LogP contribution in [0.4, 0.5) is 26.0 Å². The zero-order valence-corrected chi connectivity index (χ0v) is 17.5. The van der Waals surface area contributed by atoms with Crippen molar-refractivity contribution in [1.29, 1.82) is 0 Å². The molecule has 0 atom stereocenters. The summed E-state index contributed by atoms with van der Waals surface area (Å²) in [5.41, 5.74) is 3.58. The van der Waals surface area contributed by atoms with Gasteiger partial charge in [0.2, 0.25) is 5.91 Å². The minimum atomic E-state index is -2.90. The molecule has 0 saturated heterocycles. The van der Waals surface area contributed by atoms with Crippen molar-refractivity contribution in [2.45, 2.75) is 27.0 Å². The van der Waals surface area contributed by atoms with Crippen LogP contribution in [0.2, 0.25) is 0 Å². The second-order valence-electron chi connectivity index (χ2n) is 7.20. The van der Waals surface area contributed by atoms with Gasteiger partial charge < -0.3 is 15.4 Å². The van der Waals surface area contributed by atoms with Crippen LogP contribution in [-0.2, 0) is 11.3 Å². The van der Waals surface area contributed by atoms with Crippen LogP contribution in [0.25, 0.3) is 10.9 Å². The first-order chi connectivity index (χ1) is 15.4. The van der Waals surface area contributed by atoms with Gasteiger partial charge in [0.25, 0.3) is 0 Å². The van der Waals surface area contributed by atoms with Crippen LogP contribution in [0, 0.1) is 6.92 Å². The van der Waals surface area contributed by atoms with Gasteiger partial charge in [0.15, 0.2) is 0 Å². The SMILES string of the molecule is CC(=O)Nc1cccc(Nc2cc3c(cn2)c(C)nn3Cc2ccccc2OC(F)F)c1. The molecule has 1 amide bonds. The van der Waals surface area contributed by atoms with Gasteiger partial charge in [-0.25, -0.2) is 4.98 Å². The van der Waals surface area contributed by atoms with Crippen LogP contribution in [0.1, 0.15) is 18.2 Å². The van der Waals surface area contributed by atoms with E-state index >= 15 is 0 Å². The van der Waals surface area contributed by atoms with E-state index in [2.05, 4.69) is 25.5 Å². The molecule has 0 aliphatic rings. The molecule has 0 spiro atoms. The Morgan fingerprint density at radius 3 is 2.69 bits per heavy atom. The zero-order chi connectivity index (χ0) is 22.7. The normalized spacial score (nSPS) is 11.0. The number of benzene rings is 2. The maximum Gasteiger partial charge on any atom is 0.387 e. The van der Waals surface area contributed by atoms with E-state index in [1.807, 2.05) is 25.1 Å². The highest BCUT2D eigenvalue weighted by atomic mass is 19.3. The van der Waals surface area contributed by atoms with E-state index in [0.29, 0.717) is 17.1 Å². The number of carbonyl (C=O) groups excluding carboxylic acids is 1. The molecule has 2 aromatic heterocycles. The molecule has 7 nitrogen and oxygen atoms in total. The zero-order valence-electron chi connectivity index (χ0n) is 17.5. The predicted molar refractivity (Wildman–Crippen MR) is 118 cm³/mol. The quantitative estimate of drug-likeness (QED) is 0.421. The van der Waals surface area contributed by atoms with Crippen LogP contribution in [0.15, 0.2) is 60.8 Å². The minimum Gasteiger partial charge on any atom is -0.434 e. The summed E-state index contributed by atoms with van der Waals surface area (Å²) in [5.74, 6) is 0.541. The van der Waals surface area contributed by atoms with Gasteiger partial charge in [-0.15, -0.1) is 0 Å². The summed E-state index contributed by atoms with van der Waals surface area (Å²) >= 11 is 0. The van der Waals surface area contributed by atoms with Crippen molar-refractivity contribution in [3.8, 4) is 5.75 Å². The number of hydrogen-bond acceptors (Lipinski definition) is 5. The third kappa shape index (κ3) is 4.83. The number of para-hydroxylation sites is 1. The summed E-state index contributed by atoms with van der Waals surface area (Å²) in [6.07, 6.45) is 1.72. The van der Waals surface area contributed by atoms with Gasteiger partial charge >= 0.3 is 6.61 Å². The molecule has 0 saturated carbocycles. The Hall–Kier alpha value is -4.01. The number of aromatic nitrogens is 3. The summed E-state index contributed by atoms with van der Waals surface area (Å²) in [7, 11) is 0. The van der Waals surface area contributed by atoms with Crippen molar-refractivity contribution in [3.05, 3.63) is 72.1 Å². The van der Waals surface area contributed by atoms with E-state index in [0.717, 1.165) is 22.3 Å². The lowest BCUT2D eigenvalue weighted by molar-refractivity contribution is -0.114. The first kappa shape index (κ1) is 21.2. The fourth-order valence-corrected chi connectivity index (χ4v) is 3.45. The lowest BCUT2D eigenvalue weighted by Gasteiger charge is -2.12. The summed E-state index contributed by atoms with van der Waals surface area (Å²) < 4.78 is 31.9. The van der Waals surface area contributed by atoms with Crippen LogP contribution in [0.3, 0.4) is 0 Å². The Balaban J connectivity index is 1.64. The van der Waals surface area contributed by atoms with Crippen molar-refractivity contribution < 1.29 is 18.3 Å². The largest absolute Gasteiger partial charge is 0.434 e. The number of pyridine rings is 1. The number of alkyl halides is 2. The Morgan fingerprint density at radius 1 is 1.12 bits per heavy atom. The Kier molecular flexibility index (Phi) is 5.98. The van der Waals surface area contributed by atoms with Gasteiger partial charge in [-0.3, -0.25) is 9.48 Å². The van der Waals surface area contributed by atoms with Crippen LogP contribution >= 0.6 is 0 Å². The summed E-state index contributed by atoms with van der Waals surface area (Å²) in [4.78, 5) is 15.8. The molecular formula is C23H21F2N5O2. The smallest absolute Gasteiger partial charge is 0.387 e. The molecule has 9 heteroatoms. The highest BCUT2D eigenvalue weighted by Crippen LogP contribution is 2.26. The number of ether oxygens (including phenoxy) is 1. The number of nitrogens with one attached hydrogen (secondary N) is 2. The van der Waals surface area contributed by atoms with Gasteiger partial charge in [-0.1, -0.05) is 24.3 Å². The number of fused-ring (bicyclic) bond motifs is 1. The minimum absolute atomic E-state index is 0.117. The lowest BCUT2D eigenvalue weighted by atomic mass is 10.2. The first-order valence-electron chi connectivity index (χ1n) is 9.89. The summed E-state index contributed by atoms with van der Waals surface area (Å²) in [6.45, 7) is 0.671. The average molecular weight is 437 g/mol. The maximum atomic E-state index is 12.8. The summed E-state index contributed by atoms with van der Waals surface area (Å²) in [6, 6.07) is 15.8. The molecular weight excluding hydrogens is 416 g/mol. The number of anilines is 3. The van der Waals surface area contributed by atoms with Crippen molar-refractivity contribution >= 4 is 34.0 Å². The van der Waals surface area contributed by atoms with Gasteiger partial charge in [0.05, 0.1) is 17.8 Å². The first-order valence-corrected chi connectivity index (χ1v) is 9.89. The van der Waals surface area contributed by atoms with E-state index in [1.54, 1.807) is 41.2 Å². The predicted octanol–water partition coefficient (Wildman–Crippen LogP) is 5.09. The Bertz CT molecular complexity index is 1270. The number of hydrogen-bond donors (Lipinski definition) is 2. The van der Waals surface area contributed by atoms with E-state index in [-0.39, 0.29) is 18.2 Å². The Labute approximate surface area is 183 Å². The second-order valence-corrected chi connectivity index (χ2v) is 7.20. The molecule has 2 N–H and O–H groups in total. The van der Waals surface area contributed by atoms with Crippen molar-refractivity contribution in [2.75, 3.05) is 10.6 Å². The topological polar surface area (TPSA) is 81.1 Å². The number of nitrogens with zero attached hydrogens (tertiary/aromatic N) is 3. The van der Waals surface area contributed by atoms with E-state index in [1.165, 1.54) is 13.0 Å². The second kappa shape index (κ2) is 9.01. The molecule has 2 aromatic carbocycles. The molecule has 2 heterocycles. The van der Waals surface area contributed by atoms with Crippen molar-refractivity contribution in [1.82, 2.24) is 14.8 Å². The number of halogens is 2. The van der Waals surface area contributed by atoms with Crippen molar-refractivity contribution in [2.24, 2.45) is 0 Å². The number of aryl methyl sites for hydroxylation is 1. The van der Waals surface area contributed by atoms with Crippen LogP contribution in [0.5, 0.6) is 5.75 Å². The fraction of sp³-hybridized carbons (Fsp3) is 0.174. The molecule has 4 aromatic rings. The van der Waals surface area contributed by atoms with Gasteiger partial charge in [-0.2, -0.15) is 13.9 Å². The molecule has 0 unspecified atom stereocenters. The third-order valence-corrected chi connectivity index (χ3v) is 4.78. The number of rotatable bonds is 7.